The zero-order valence-electron chi connectivity index (χ0n) is 11.2. The van der Waals surface area contributed by atoms with Crippen LogP contribution >= 0.6 is 0 Å². The highest BCUT2D eigenvalue weighted by Crippen LogP contribution is 2.32. The van der Waals surface area contributed by atoms with Gasteiger partial charge in [0.2, 0.25) is 0 Å². The molecule has 0 radical (unpaired) electrons. The normalized spacial score (nSPS) is 22.1. The van der Waals surface area contributed by atoms with Gasteiger partial charge in [0.1, 0.15) is 0 Å². The number of furan rings is 1. The lowest BCUT2D eigenvalue weighted by molar-refractivity contribution is 0.0755. The van der Waals surface area contributed by atoms with E-state index >= 15 is 0 Å². The molecule has 0 aliphatic carbocycles. The van der Waals surface area contributed by atoms with Crippen molar-refractivity contribution in [1.29, 1.82) is 0 Å². The minimum absolute atomic E-state index is 0.0492. The molecule has 4 heteroatoms. The van der Waals surface area contributed by atoms with E-state index in [1.807, 2.05) is 23.1 Å². The van der Waals surface area contributed by atoms with Gasteiger partial charge in [-0.15, -0.1) is 0 Å². The second-order valence-electron chi connectivity index (χ2n) is 5.20. The van der Waals surface area contributed by atoms with Crippen LogP contribution in [0.2, 0.25) is 0 Å². The Bertz CT molecular complexity index is 565. The van der Waals surface area contributed by atoms with Gasteiger partial charge in [-0.3, -0.25) is 4.79 Å². The maximum absolute atomic E-state index is 12.3. The summed E-state index contributed by atoms with van der Waals surface area (Å²) in [7, 11) is 0. The molecule has 1 fully saturated rings. The number of nitrogens with two attached hydrogens (primary N) is 1. The first-order valence-electron chi connectivity index (χ1n) is 6.87. The lowest BCUT2D eigenvalue weighted by atomic mass is 9.89. The molecule has 2 aromatic rings. The van der Waals surface area contributed by atoms with Crippen LogP contribution in [0.5, 0.6) is 0 Å². The van der Waals surface area contributed by atoms with Gasteiger partial charge in [0.05, 0.1) is 6.26 Å². The Morgan fingerprint density at radius 3 is 2.65 bits per heavy atom. The molecule has 1 aromatic carbocycles. The number of amides is 1. The van der Waals surface area contributed by atoms with Crippen LogP contribution in [0.4, 0.5) is 0 Å². The van der Waals surface area contributed by atoms with Gasteiger partial charge in [0.25, 0.3) is 5.91 Å². The predicted octanol–water partition coefficient (Wildman–Crippen LogP) is 2.09. The van der Waals surface area contributed by atoms with Crippen molar-refractivity contribution in [2.75, 3.05) is 19.6 Å². The second kappa shape index (κ2) is 5.51. The first-order chi connectivity index (χ1) is 9.79. The van der Waals surface area contributed by atoms with Crippen LogP contribution in [0.1, 0.15) is 22.0 Å². The van der Waals surface area contributed by atoms with E-state index in [0.29, 0.717) is 37.2 Å². The molecule has 0 spiro atoms. The van der Waals surface area contributed by atoms with E-state index in [2.05, 4.69) is 12.1 Å². The number of rotatable bonds is 3. The Balaban J connectivity index is 1.80. The van der Waals surface area contributed by atoms with Gasteiger partial charge in [-0.1, -0.05) is 30.3 Å². The van der Waals surface area contributed by atoms with Crippen molar-refractivity contribution < 1.29 is 9.21 Å². The van der Waals surface area contributed by atoms with Crippen molar-refractivity contribution in [2.45, 2.75) is 5.92 Å². The smallest absolute Gasteiger partial charge is 0.289 e. The summed E-state index contributed by atoms with van der Waals surface area (Å²) in [6.45, 7) is 1.97. The van der Waals surface area contributed by atoms with Crippen LogP contribution < -0.4 is 5.73 Å². The molecular formula is C16H18N2O2. The Labute approximate surface area is 118 Å². The Hall–Kier alpha value is -2.07. The van der Waals surface area contributed by atoms with Crippen molar-refractivity contribution >= 4 is 5.91 Å². The van der Waals surface area contributed by atoms with E-state index in [0.717, 1.165) is 0 Å². The van der Waals surface area contributed by atoms with Crippen LogP contribution in [-0.2, 0) is 0 Å². The van der Waals surface area contributed by atoms with E-state index in [1.165, 1.54) is 11.8 Å². The molecule has 104 valence electrons. The average Bonchev–Trinajstić information content (AvgIpc) is 3.17. The summed E-state index contributed by atoms with van der Waals surface area (Å²) in [5.41, 5.74) is 7.13. The molecule has 3 rings (SSSR count). The molecule has 0 saturated carbocycles. The Morgan fingerprint density at radius 1 is 1.20 bits per heavy atom. The van der Waals surface area contributed by atoms with Gasteiger partial charge in [-0.2, -0.15) is 0 Å². The molecule has 1 amide bonds. The average molecular weight is 270 g/mol. The summed E-state index contributed by atoms with van der Waals surface area (Å²) in [6.07, 6.45) is 1.53. The molecule has 1 aliphatic heterocycles. The van der Waals surface area contributed by atoms with Gasteiger partial charge in [0, 0.05) is 19.0 Å². The van der Waals surface area contributed by atoms with Gasteiger partial charge >= 0.3 is 0 Å². The number of nitrogens with zero attached hydrogens (tertiary/aromatic N) is 1. The number of hydrogen-bond donors (Lipinski definition) is 1. The SMILES string of the molecule is NC[C@@H]1CN(C(=O)c2ccco2)C[C@H]1c1ccccc1. The summed E-state index contributed by atoms with van der Waals surface area (Å²) in [4.78, 5) is 14.2. The zero-order valence-corrected chi connectivity index (χ0v) is 11.2. The molecule has 0 unspecified atom stereocenters. The van der Waals surface area contributed by atoms with Gasteiger partial charge in [0.15, 0.2) is 5.76 Å². The fraction of sp³-hybridized carbons (Fsp3) is 0.312. The summed E-state index contributed by atoms with van der Waals surface area (Å²) >= 11 is 0. The maximum atomic E-state index is 12.3. The fourth-order valence-electron chi connectivity index (χ4n) is 2.91. The minimum Gasteiger partial charge on any atom is -0.459 e. The highest BCUT2D eigenvalue weighted by atomic mass is 16.3. The first-order valence-corrected chi connectivity index (χ1v) is 6.87. The Kier molecular flexibility index (Phi) is 3.56. The van der Waals surface area contributed by atoms with E-state index in [-0.39, 0.29) is 5.91 Å². The van der Waals surface area contributed by atoms with Crippen LogP contribution in [0.3, 0.4) is 0 Å². The second-order valence-corrected chi connectivity index (χ2v) is 5.20. The van der Waals surface area contributed by atoms with Crippen LogP contribution in [-0.4, -0.2) is 30.4 Å². The molecule has 0 bridgehead atoms. The highest BCUT2D eigenvalue weighted by Gasteiger charge is 2.36. The van der Waals surface area contributed by atoms with Crippen molar-refractivity contribution in [3.8, 4) is 0 Å². The van der Waals surface area contributed by atoms with Crippen LogP contribution in [0, 0.1) is 5.92 Å². The largest absolute Gasteiger partial charge is 0.459 e. The summed E-state index contributed by atoms with van der Waals surface area (Å²) in [5, 5.41) is 0. The number of benzene rings is 1. The van der Waals surface area contributed by atoms with E-state index in [9.17, 15) is 4.79 Å². The van der Waals surface area contributed by atoms with Crippen molar-refractivity contribution in [3.05, 3.63) is 60.1 Å². The molecular weight excluding hydrogens is 252 g/mol. The first kappa shape index (κ1) is 12.9. The molecule has 4 nitrogen and oxygen atoms in total. The van der Waals surface area contributed by atoms with Gasteiger partial charge in [-0.25, -0.2) is 0 Å². The zero-order chi connectivity index (χ0) is 13.9. The lowest BCUT2D eigenvalue weighted by Crippen LogP contribution is -2.29. The van der Waals surface area contributed by atoms with Gasteiger partial charge in [-0.05, 0) is 30.2 Å². The highest BCUT2D eigenvalue weighted by molar-refractivity contribution is 5.91. The minimum atomic E-state index is -0.0492. The summed E-state index contributed by atoms with van der Waals surface area (Å²) in [6, 6.07) is 13.7. The lowest BCUT2D eigenvalue weighted by Gasteiger charge is -2.16. The molecule has 20 heavy (non-hydrogen) atoms. The third-order valence-corrected chi connectivity index (χ3v) is 3.99. The molecule has 2 heterocycles. The van der Waals surface area contributed by atoms with E-state index in [1.54, 1.807) is 12.1 Å². The molecule has 2 atom stereocenters. The third-order valence-electron chi connectivity index (χ3n) is 3.99. The van der Waals surface area contributed by atoms with Gasteiger partial charge < -0.3 is 15.1 Å². The standard InChI is InChI=1S/C16H18N2O2/c17-9-13-10-18(16(19)15-7-4-8-20-15)11-14(13)12-5-2-1-3-6-12/h1-8,13-14H,9-11,17H2/t13-,14+/m1/s1. The number of hydrogen-bond acceptors (Lipinski definition) is 3. The third kappa shape index (κ3) is 2.34. The Morgan fingerprint density at radius 2 is 2.00 bits per heavy atom. The monoisotopic (exact) mass is 270 g/mol. The van der Waals surface area contributed by atoms with Crippen LogP contribution in [0.15, 0.2) is 53.1 Å². The molecule has 2 N–H and O–H groups in total. The maximum Gasteiger partial charge on any atom is 0.289 e. The van der Waals surface area contributed by atoms with E-state index in [4.69, 9.17) is 10.2 Å². The van der Waals surface area contributed by atoms with Crippen molar-refractivity contribution in [1.82, 2.24) is 4.90 Å². The summed E-state index contributed by atoms with van der Waals surface area (Å²) in [5.74, 6) is 0.956. The van der Waals surface area contributed by atoms with Crippen molar-refractivity contribution in [2.24, 2.45) is 11.7 Å². The van der Waals surface area contributed by atoms with Crippen molar-refractivity contribution in [3.63, 3.8) is 0 Å². The number of likely N-dealkylation sites (tertiary alicyclic amines) is 1. The van der Waals surface area contributed by atoms with Crippen LogP contribution in [0.25, 0.3) is 0 Å². The number of carbonyl (C=O) groups is 1. The quantitative estimate of drug-likeness (QED) is 0.929. The number of carbonyl (C=O) groups excluding carboxylic acids is 1. The topological polar surface area (TPSA) is 59.5 Å². The molecule has 1 aromatic heterocycles. The fourth-order valence-corrected chi connectivity index (χ4v) is 2.91. The molecule has 1 aliphatic rings. The van der Waals surface area contributed by atoms with E-state index < -0.39 is 0 Å². The predicted molar refractivity (Wildman–Crippen MR) is 76.3 cm³/mol. The summed E-state index contributed by atoms with van der Waals surface area (Å²) < 4.78 is 5.20. The molecule has 1 saturated heterocycles.